The fourth-order valence-corrected chi connectivity index (χ4v) is 4.93. The Morgan fingerprint density at radius 3 is 1.91 bits per heavy atom. The van der Waals surface area contributed by atoms with Crippen LogP contribution in [0, 0.1) is 12.1 Å². The maximum atomic E-state index is 3.30. The van der Waals surface area contributed by atoms with E-state index in [1.807, 2.05) is 12.1 Å². The second-order valence-corrected chi connectivity index (χ2v) is 9.59. The van der Waals surface area contributed by atoms with E-state index in [0.29, 0.717) is 0 Å². The van der Waals surface area contributed by atoms with E-state index in [4.69, 9.17) is 0 Å². The van der Waals surface area contributed by atoms with Gasteiger partial charge in [-0.2, -0.15) is 35.9 Å². The van der Waals surface area contributed by atoms with Crippen molar-refractivity contribution in [2.45, 2.75) is 19.8 Å². The number of hydrogen-bond acceptors (Lipinski definition) is 0. The molecular weight excluding hydrogens is 450 g/mol. The maximum absolute atomic E-state index is 3.30. The average molecular weight is 476 g/mol. The molecule has 0 heterocycles. The van der Waals surface area contributed by atoms with Crippen LogP contribution in [0.25, 0.3) is 11.1 Å². The van der Waals surface area contributed by atoms with Crippen molar-refractivity contribution in [1.82, 2.24) is 0 Å². The molecule has 0 fully saturated rings. The third kappa shape index (κ3) is 6.22. The van der Waals surface area contributed by atoms with Crippen molar-refractivity contribution in [1.29, 1.82) is 0 Å². The Morgan fingerprint density at radius 2 is 1.33 bits per heavy atom. The minimum atomic E-state index is 1.02. The molecule has 6 rings (SSSR count). The van der Waals surface area contributed by atoms with Crippen LogP contribution in [0.3, 0.4) is 0 Å². The molecule has 2 aliphatic carbocycles. The van der Waals surface area contributed by atoms with Crippen molar-refractivity contribution in [2.24, 2.45) is 0 Å². The van der Waals surface area contributed by atoms with Gasteiger partial charge in [-0.1, -0.05) is 35.4 Å². The first-order valence-electron chi connectivity index (χ1n) is 11.3. The second kappa shape index (κ2) is 11.6. The van der Waals surface area contributed by atoms with Crippen LogP contribution >= 0.6 is 0 Å². The number of fused-ring (bicyclic) bond motifs is 3. The SMILES string of the molecule is CC1=CC[C-]=C1.[Zn]=[C](c1ccccc1)c1ccccc1.[c-]1cccc2c1Cc1ccccc1-2. The molecule has 0 spiro atoms. The molecule has 0 aromatic heterocycles. The summed E-state index contributed by atoms with van der Waals surface area (Å²) in [6, 6.07) is 39.3. The number of allylic oxidation sites excluding steroid dienone is 4. The summed E-state index contributed by atoms with van der Waals surface area (Å²) in [7, 11) is 0. The average Bonchev–Trinajstić information content (AvgIpc) is 3.52. The molecule has 0 unspecified atom stereocenters. The molecule has 0 bridgehead atoms. The quantitative estimate of drug-likeness (QED) is 0.182. The van der Waals surface area contributed by atoms with Crippen LogP contribution in [-0.4, -0.2) is 4.11 Å². The molecule has 0 atom stereocenters. The van der Waals surface area contributed by atoms with Crippen molar-refractivity contribution < 1.29 is 17.9 Å². The largest absolute Gasteiger partial charge is 0.179 e. The van der Waals surface area contributed by atoms with Crippen LogP contribution < -0.4 is 0 Å². The molecular formula is C32H26Zn-2. The van der Waals surface area contributed by atoms with Gasteiger partial charge in [0.25, 0.3) is 0 Å². The molecule has 33 heavy (non-hydrogen) atoms. The molecule has 0 amide bonds. The summed E-state index contributed by atoms with van der Waals surface area (Å²) in [5, 5.41) is 0. The van der Waals surface area contributed by atoms with Gasteiger partial charge in [0.05, 0.1) is 0 Å². The van der Waals surface area contributed by atoms with Crippen LogP contribution in [0.5, 0.6) is 0 Å². The first-order chi connectivity index (χ1) is 16.2. The molecule has 158 valence electrons. The Balaban J connectivity index is 0.000000127. The third-order valence-corrected chi connectivity index (χ3v) is 7.45. The first kappa shape index (κ1) is 23.0. The van der Waals surface area contributed by atoms with E-state index < -0.39 is 0 Å². The fraction of sp³-hybridized carbons (Fsp3) is 0.0938. The maximum Gasteiger partial charge on any atom is -0.0253 e. The minimum Gasteiger partial charge on any atom is -0.179 e. The number of rotatable bonds is 2. The molecule has 1 heteroatoms. The predicted molar refractivity (Wildman–Crippen MR) is 136 cm³/mol. The molecule has 2 aliphatic rings. The van der Waals surface area contributed by atoms with Gasteiger partial charge < -0.3 is 0 Å². The van der Waals surface area contributed by atoms with Gasteiger partial charge in [-0.15, -0.1) is 18.9 Å². The summed E-state index contributed by atoms with van der Waals surface area (Å²) < 4.78 is 1.45. The van der Waals surface area contributed by atoms with Gasteiger partial charge in [-0.25, -0.2) is 11.6 Å². The fourth-order valence-electron chi connectivity index (χ4n) is 3.94. The van der Waals surface area contributed by atoms with Crippen LogP contribution in [0.1, 0.15) is 35.6 Å². The van der Waals surface area contributed by atoms with Crippen LogP contribution in [0.4, 0.5) is 0 Å². The van der Waals surface area contributed by atoms with E-state index in [2.05, 4.69) is 122 Å². The topological polar surface area (TPSA) is 0 Å². The Labute approximate surface area is 207 Å². The van der Waals surface area contributed by atoms with Gasteiger partial charge >= 0.3 is 93.7 Å². The van der Waals surface area contributed by atoms with E-state index >= 15 is 0 Å². The molecule has 0 radical (unpaired) electrons. The Morgan fingerprint density at radius 1 is 0.727 bits per heavy atom. The van der Waals surface area contributed by atoms with Gasteiger partial charge in [0.2, 0.25) is 0 Å². The molecule has 0 saturated carbocycles. The minimum absolute atomic E-state index is 1.02. The molecule has 0 aliphatic heterocycles. The van der Waals surface area contributed by atoms with Crippen molar-refractivity contribution in [2.75, 3.05) is 0 Å². The standard InChI is InChI=1S/C13H9.C13H10.C6H7.Zn/c1-3-7-12-10(5-1)9-11-6-2-4-8-13(11)12;1-3-7-12(8-4-1)11-13-9-5-2-6-10-13;1-6-4-2-3-5-6;/h1-5,7-8H,9H2;1-10H;4-5H,2H2,1H3;/q-1;;-1;. The summed E-state index contributed by atoms with van der Waals surface area (Å²) in [6.07, 6.45) is 9.29. The van der Waals surface area contributed by atoms with Crippen LogP contribution in [0.2, 0.25) is 0 Å². The zero-order valence-corrected chi connectivity index (χ0v) is 22.1. The van der Waals surface area contributed by atoms with Crippen molar-refractivity contribution in [3.8, 4) is 11.1 Å². The van der Waals surface area contributed by atoms with E-state index in [1.54, 1.807) is 0 Å². The molecule has 0 N–H and O–H groups in total. The third-order valence-electron chi connectivity index (χ3n) is 5.73. The number of benzene rings is 4. The summed E-state index contributed by atoms with van der Waals surface area (Å²) >= 11 is 1.19. The monoisotopic (exact) mass is 474 g/mol. The van der Waals surface area contributed by atoms with E-state index in [1.165, 1.54) is 60.9 Å². The summed E-state index contributed by atoms with van der Waals surface area (Å²) in [6.45, 7) is 2.08. The molecule has 0 saturated heterocycles. The van der Waals surface area contributed by atoms with Crippen molar-refractivity contribution >= 4 is 4.11 Å². The van der Waals surface area contributed by atoms with Gasteiger partial charge in [-0.05, 0) is 6.42 Å². The van der Waals surface area contributed by atoms with E-state index in [-0.39, 0.29) is 0 Å². The van der Waals surface area contributed by atoms with E-state index in [9.17, 15) is 0 Å². The zero-order chi connectivity index (χ0) is 22.9. The van der Waals surface area contributed by atoms with Crippen LogP contribution in [0.15, 0.2) is 121 Å². The normalized spacial score (nSPS) is 12.4. The van der Waals surface area contributed by atoms with E-state index in [0.717, 1.165) is 12.8 Å². The predicted octanol–water partition coefficient (Wildman–Crippen LogP) is 7.56. The van der Waals surface area contributed by atoms with Gasteiger partial charge in [0.1, 0.15) is 0 Å². The van der Waals surface area contributed by atoms with Gasteiger partial charge in [0, 0.05) is 0 Å². The Bertz CT molecular complexity index is 1180. The molecule has 0 nitrogen and oxygen atoms in total. The summed E-state index contributed by atoms with van der Waals surface area (Å²) in [5.41, 5.74) is 9.54. The number of hydrogen-bond donors (Lipinski definition) is 0. The second-order valence-electron chi connectivity index (χ2n) is 8.11. The Hall–Kier alpha value is -3.15. The zero-order valence-electron chi connectivity index (χ0n) is 19.1. The van der Waals surface area contributed by atoms with Crippen LogP contribution in [-0.2, 0) is 24.3 Å². The van der Waals surface area contributed by atoms with Gasteiger partial charge in [-0.3, -0.25) is 6.08 Å². The Kier molecular flexibility index (Phi) is 8.12. The van der Waals surface area contributed by atoms with Crippen molar-refractivity contribution in [3.63, 3.8) is 0 Å². The molecule has 4 aromatic rings. The first-order valence-corrected chi connectivity index (χ1v) is 12.8. The van der Waals surface area contributed by atoms with Crippen molar-refractivity contribution in [3.05, 3.63) is 155 Å². The summed E-state index contributed by atoms with van der Waals surface area (Å²) in [4.78, 5) is 0. The van der Waals surface area contributed by atoms with Gasteiger partial charge in [0.15, 0.2) is 0 Å². The smallest absolute Gasteiger partial charge is 0.0253 e. The molecule has 4 aromatic carbocycles. The summed E-state index contributed by atoms with van der Waals surface area (Å²) in [5.74, 6) is 0.